The molecule has 0 unspecified atom stereocenters. The lowest BCUT2D eigenvalue weighted by Crippen LogP contribution is -2.38. The quantitative estimate of drug-likeness (QED) is 0.929. The Balaban J connectivity index is 1.54. The maximum absolute atomic E-state index is 12.1. The summed E-state index contributed by atoms with van der Waals surface area (Å²) in [6, 6.07) is 5.63. The topological polar surface area (TPSA) is 66.7 Å². The minimum absolute atomic E-state index is 0.194. The molecular weight excluding hydrogens is 280 g/mol. The zero-order chi connectivity index (χ0) is 15.4. The van der Waals surface area contributed by atoms with Crippen molar-refractivity contribution < 1.29 is 9.59 Å². The molecule has 0 atom stereocenters. The predicted octanol–water partition coefficient (Wildman–Crippen LogP) is 1.47. The number of hydrogen-bond acceptors (Lipinski definition) is 3. The van der Waals surface area contributed by atoms with Crippen LogP contribution in [-0.2, 0) is 4.79 Å². The molecular formula is C16H20N4O2. The van der Waals surface area contributed by atoms with Gasteiger partial charge in [0.05, 0.1) is 0 Å². The molecule has 116 valence electrons. The summed E-state index contributed by atoms with van der Waals surface area (Å²) in [4.78, 5) is 30.1. The number of likely N-dealkylation sites (tertiary alicyclic amines) is 1. The number of imidazole rings is 1. The molecule has 0 radical (unpaired) electrons. The summed E-state index contributed by atoms with van der Waals surface area (Å²) >= 11 is 0. The molecule has 0 saturated carbocycles. The van der Waals surface area contributed by atoms with Crippen molar-refractivity contribution in [1.29, 1.82) is 0 Å². The lowest BCUT2D eigenvalue weighted by Gasteiger charge is -2.20. The molecule has 1 aliphatic heterocycles. The first-order valence-corrected chi connectivity index (χ1v) is 7.74. The van der Waals surface area contributed by atoms with Crippen LogP contribution in [0, 0.1) is 0 Å². The van der Waals surface area contributed by atoms with Crippen molar-refractivity contribution in [2.75, 3.05) is 19.6 Å². The number of fused-ring (bicyclic) bond motifs is 1. The SMILES string of the molecule is O=C(NCCN1CCCCCC1=O)c1cn2ccccc2n1. The molecule has 0 spiro atoms. The van der Waals surface area contributed by atoms with Gasteiger partial charge in [-0.05, 0) is 25.0 Å². The van der Waals surface area contributed by atoms with Gasteiger partial charge in [-0.3, -0.25) is 9.59 Å². The number of pyridine rings is 1. The first-order valence-electron chi connectivity index (χ1n) is 7.74. The zero-order valence-corrected chi connectivity index (χ0v) is 12.5. The molecule has 1 fully saturated rings. The van der Waals surface area contributed by atoms with Crippen LogP contribution in [0.5, 0.6) is 0 Å². The third-order valence-electron chi connectivity index (χ3n) is 3.94. The van der Waals surface area contributed by atoms with Crippen molar-refractivity contribution in [1.82, 2.24) is 19.6 Å². The van der Waals surface area contributed by atoms with Gasteiger partial charge in [0, 0.05) is 38.4 Å². The van der Waals surface area contributed by atoms with Crippen molar-refractivity contribution in [2.45, 2.75) is 25.7 Å². The van der Waals surface area contributed by atoms with E-state index in [1.807, 2.05) is 33.7 Å². The summed E-state index contributed by atoms with van der Waals surface area (Å²) < 4.78 is 1.81. The minimum atomic E-state index is -0.203. The van der Waals surface area contributed by atoms with Crippen LogP contribution in [0.2, 0.25) is 0 Å². The van der Waals surface area contributed by atoms with Gasteiger partial charge < -0.3 is 14.6 Å². The van der Waals surface area contributed by atoms with Crippen LogP contribution >= 0.6 is 0 Å². The van der Waals surface area contributed by atoms with Crippen LogP contribution in [0.1, 0.15) is 36.2 Å². The normalized spacial score (nSPS) is 15.8. The fourth-order valence-corrected chi connectivity index (χ4v) is 2.71. The molecule has 6 nitrogen and oxygen atoms in total. The highest BCUT2D eigenvalue weighted by molar-refractivity contribution is 5.92. The molecule has 2 aromatic heterocycles. The molecule has 0 aliphatic carbocycles. The van der Waals surface area contributed by atoms with E-state index in [2.05, 4.69) is 10.3 Å². The Kier molecular flexibility index (Phi) is 4.37. The van der Waals surface area contributed by atoms with Crippen LogP contribution in [0.3, 0.4) is 0 Å². The number of nitrogens with one attached hydrogen (secondary N) is 1. The van der Waals surface area contributed by atoms with E-state index in [9.17, 15) is 9.59 Å². The van der Waals surface area contributed by atoms with Crippen molar-refractivity contribution in [3.8, 4) is 0 Å². The smallest absolute Gasteiger partial charge is 0.271 e. The number of amides is 2. The van der Waals surface area contributed by atoms with E-state index in [4.69, 9.17) is 0 Å². The largest absolute Gasteiger partial charge is 0.349 e. The van der Waals surface area contributed by atoms with Gasteiger partial charge in [0.25, 0.3) is 5.91 Å². The fraction of sp³-hybridized carbons (Fsp3) is 0.438. The number of carbonyl (C=O) groups excluding carboxylic acids is 2. The van der Waals surface area contributed by atoms with Gasteiger partial charge in [0.15, 0.2) is 0 Å². The van der Waals surface area contributed by atoms with Crippen LogP contribution < -0.4 is 5.32 Å². The van der Waals surface area contributed by atoms with Crippen molar-refractivity contribution in [3.05, 3.63) is 36.3 Å². The van der Waals surface area contributed by atoms with Gasteiger partial charge in [-0.2, -0.15) is 0 Å². The first-order chi connectivity index (χ1) is 10.7. The van der Waals surface area contributed by atoms with Gasteiger partial charge in [-0.1, -0.05) is 12.5 Å². The Morgan fingerprint density at radius 1 is 1.27 bits per heavy atom. The summed E-state index contributed by atoms with van der Waals surface area (Å²) in [6.45, 7) is 1.82. The van der Waals surface area contributed by atoms with E-state index in [0.29, 0.717) is 25.2 Å². The maximum Gasteiger partial charge on any atom is 0.271 e. The molecule has 1 saturated heterocycles. The molecule has 3 rings (SSSR count). The van der Waals surface area contributed by atoms with Crippen molar-refractivity contribution in [2.24, 2.45) is 0 Å². The summed E-state index contributed by atoms with van der Waals surface area (Å²) in [5, 5.41) is 2.84. The summed E-state index contributed by atoms with van der Waals surface area (Å²) in [7, 11) is 0. The third kappa shape index (κ3) is 3.27. The van der Waals surface area contributed by atoms with Gasteiger partial charge >= 0.3 is 0 Å². The highest BCUT2D eigenvalue weighted by atomic mass is 16.2. The lowest BCUT2D eigenvalue weighted by atomic mass is 10.2. The van der Waals surface area contributed by atoms with Crippen molar-refractivity contribution in [3.63, 3.8) is 0 Å². The number of hydrogen-bond donors (Lipinski definition) is 1. The average Bonchev–Trinajstić information content (AvgIpc) is 2.86. The highest BCUT2D eigenvalue weighted by Crippen LogP contribution is 2.10. The number of aromatic nitrogens is 2. The summed E-state index contributed by atoms with van der Waals surface area (Å²) in [5.41, 5.74) is 1.14. The van der Waals surface area contributed by atoms with E-state index < -0.39 is 0 Å². The number of nitrogens with zero attached hydrogens (tertiary/aromatic N) is 3. The Labute approximate surface area is 129 Å². The third-order valence-corrected chi connectivity index (χ3v) is 3.94. The highest BCUT2D eigenvalue weighted by Gasteiger charge is 2.16. The van der Waals surface area contributed by atoms with Crippen LogP contribution in [0.4, 0.5) is 0 Å². The van der Waals surface area contributed by atoms with Crippen molar-refractivity contribution >= 4 is 17.5 Å². The second-order valence-corrected chi connectivity index (χ2v) is 5.54. The van der Waals surface area contributed by atoms with Gasteiger partial charge in [-0.15, -0.1) is 0 Å². The summed E-state index contributed by atoms with van der Waals surface area (Å²) in [6.07, 6.45) is 7.32. The molecule has 0 aromatic carbocycles. The molecule has 2 aromatic rings. The summed E-state index contributed by atoms with van der Waals surface area (Å²) in [5.74, 6) is -0.00884. The second kappa shape index (κ2) is 6.60. The molecule has 1 aliphatic rings. The molecule has 22 heavy (non-hydrogen) atoms. The maximum atomic E-state index is 12.1. The fourth-order valence-electron chi connectivity index (χ4n) is 2.71. The lowest BCUT2D eigenvalue weighted by molar-refractivity contribution is -0.130. The Morgan fingerprint density at radius 2 is 2.18 bits per heavy atom. The number of rotatable bonds is 4. The monoisotopic (exact) mass is 300 g/mol. The molecule has 6 heteroatoms. The first kappa shape index (κ1) is 14.6. The van der Waals surface area contributed by atoms with Gasteiger partial charge in [0.2, 0.25) is 5.91 Å². The van der Waals surface area contributed by atoms with Crippen LogP contribution in [0.15, 0.2) is 30.6 Å². The van der Waals surface area contributed by atoms with E-state index >= 15 is 0 Å². The predicted molar refractivity (Wildman–Crippen MR) is 82.6 cm³/mol. The molecule has 0 bridgehead atoms. The van der Waals surface area contributed by atoms with Crippen LogP contribution in [0.25, 0.3) is 5.65 Å². The van der Waals surface area contributed by atoms with Gasteiger partial charge in [0.1, 0.15) is 11.3 Å². The molecule has 3 heterocycles. The Morgan fingerprint density at radius 3 is 3.05 bits per heavy atom. The van der Waals surface area contributed by atoms with E-state index in [1.165, 1.54) is 0 Å². The van der Waals surface area contributed by atoms with Gasteiger partial charge in [-0.25, -0.2) is 4.98 Å². The zero-order valence-electron chi connectivity index (χ0n) is 12.5. The van der Waals surface area contributed by atoms with E-state index in [1.54, 1.807) is 6.20 Å². The average molecular weight is 300 g/mol. The van der Waals surface area contributed by atoms with E-state index in [0.717, 1.165) is 31.5 Å². The Bertz CT molecular complexity index is 647. The number of carbonyl (C=O) groups is 2. The minimum Gasteiger partial charge on any atom is -0.349 e. The Hall–Kier alpha value is -2.37. The van der Waals surface area contributed by atoms with E-state index in [-0.39, 0.29) is 11.8 Å². The standard InChI is InChI=1S/C16H20N4O2/c21-15-7-2-1-4-9-19(15)11-8-17-16(22)13-12-20-10-5-3-6-14(20)18-13/h3,5-6,10,12H,1-2,4,7-9,11H2,(H,17,22). The molecule has 2 amide bonds. The van der Waals surface area contributed by atoms with Crippen LogP contribution in [-0.4, -0.2) is 45.7 Å². The molecule has 1 N–H and O–H groups in total. The second-order valence-electron chi connectivity index (χ2n) is 5.54.